The van der Waals surface area contributed by atoms with E-state index < -0.39 is 0 Å². The van der Waals surface area contributed by atoms with Crippen LogP contribution in [0.2, 0.25) is 0 Å². The zero-order valence-corrected chi connectivity index (χ0v) is 10.0. The van der Waals surface area contributed by atoms with Crippen molar-refractivity contribution in [3.8, 4) is 0 Å². The van der Waals surface area contributed by atoms with Crippen LogP contribution in [0.3, 0.4) is 0 Å². The molecule has 0 nitrogen and oxygen atoms in total. The molecule has 1 heteroatoms. The lowest BCUT2D eigenvalue weighted by molar-refractivity contribution is 0.223. The average Bonchev–Trinajstić information content (AvgIpc) is 2.69. The molecular formula is C10H19I. The first kappa shape index (κ1) is 9.82. The minimum absolute atomic E-state index is 0.586. The third kappa shape index (κ3) is 2.92. The third-order valence-corrected chi connectivity index (χ3v) is 4.40. The van der Waals surface area contributed by atoms with Gasteiger partial charge in [-0.1, -0.05) is 56.2 Å². The molecule has 0 aromatic rings. The lowest BCUT2D eigenvalue weighted by Crippen LogP contribution is -2.23. The summed E-state index contributed by atoms with van der Waals surface area (Å²) < 4.78 is 1.30. The molecule has 0 heterocycles. The second-order valence-corrected chi connectivity index (χ2v) is 5.57. The Bertz CT molecular complexity index is 125. The van der Waals surface area contributed by atoms with Crippen LogP contribution in [0.5, 0.6) is 0 Å². The lowest BCUT2D eigenvalue weighted by Gasteiger charge is -2.30. The van der Waals surface area contributed by atoms with Crippen molar-refractivity contribution in [3.63, 3.8) is 0 Å². The summed E-state index contributed by atoms with van der Waals surface area (Å²) in [5.74, 6) is 1.96. The van der Waals surface area contributed by atoms with Gasteiger partial charge in [-0.2, -0.15) is 0 Å². The predicted octanol–water partition coefficient (Wildman–Crippen LogP) is 3.88. The molecule has 0 radical (unpaired) electrons. The summed E-state index contributed by atoms with van der Waals surface area (Å²) in [5, 5.41) is 0. The quantitative estimate of drug-likeness (QED) is 0.535. The molecular weight excluding hydrogens is 247 g/mol. The van der Waals surface area contributed by atoms with Crippen LogP contribution in [0.4, 0.5) is 0 Å². The van der Waals surface area contributed by atoms with Crippen LogP contribution >= 0.6 is 22.6 Å². The van der Waals surface area contributed by atoms with Gasteiger partial charge in [0.1, 0.15) is 0 Å². The van der Waals surface area contributed by atoms with Gasteiger partial charge >= 0.3 is 0 Å². The highest BCUT2D eigenvalue weighted by Gasteiger charge is 2.33. The molecule has 1 unspecified atom stereocenters. The lowest BCUT2D eigenvalue weighted by atomic mass is 9.77. The summed E-state index contributed by atoms with van der Waals surface area (Å²) in [4.78, 5) is 0. The maximum absolute atomic E-state index is 2.51. The number of halogens is 1. The number of hydrogen-bond acceptors (Lipinski definition) is 0. The van der Waals surface area contributed by atoms with E-state index in [4.69, 9.17) is 0 Å². The first-order valence-electron chi connectivity index (χ1n) is 4.62. The maximum Gasteiger partial charge on any atom is 0.00261 e. The Morgan fingerprint density at radius 2 is 2.00 bits per heavy atom. The fourth-order valence-electron chi connectivity index (χ4n) is 1.48. The van der Waals surface area contributed by atoms with E-state index in [9.17, 15) is 0 Å². The van der Waals surface area contributed by atoms with E-state index in [1.54, 1.807) is 0 Å². The Hall–Kier alpha value is 0.730. The van der Waals surface area contributed by atoms with E-state index in [0.717, 1.165) is 11.8 Å². The van der Waals surface area contributed by atoms with Gasteiger partial charge in [0.15, 0.2) is 0 Å². The van der Waals surface area contributed by atoms with E-state index in [0.29, 0.717) is 5.41 Å². The molecule has 0 aliphatic heterocycles. The van der Waals surface area contributed by atoms with Crippen molar-refractivity contribution < 1.29 is 0 Å². The summed E-state index contributed by atoms with van der Waals surface area (Å²) >= 11 is 2.51. The van der Waals surface area contributed by atoms with E-state index >= 15 is 0 Å². The molecule has 66 valence electrons. The Balaban J connectivity index is 2.35. The van der Waals surface area contributed by atoms with Gasteiger partial charge in [-0.15, -0.1) is 0 Å². The first-order valence-corrected chi connectivity index (χ1v) is 6.15. The normalized spacial score (nSPS) is 21.8. The second kappa shape index (κ2) is 3.63. The van der Waals surface area contributed by atoms with Gasteiger partial charge < -0.3 is 0 Å². The molecule has 11 heavy (non-hydrogen) atoms. The first-order chi connectivity index (χ1) is 5.06. The van der Waals surface area contributed by atoms with E-state index in [-0.39, 0.29) is 0 Å². The van der Waals surface area contributed by atoms with E-state index in [2.05, 4.69) is 43.4 Å². The van der Waals surface area contributed by atoms with Gasteiger partial charge in [-0.25, -0.2) is 0 Å². The maximum atomic E-state index is 2.51. The number of alkyl halides is 1. The van der Waals surface area contributed by atoms with Crippen molar-refractivity contribution in [1.29, 1.82) is 0 Å². The van der Waals surface area contributed by atoms with Crippen molar-refractivity contribution in [2.45, 2.75) is 40.0 Å². The minimum atomic E-state index is 0.586. The van der Waals surface area contributed by atoms with Crippen molar-refractivity contribution in [2.24, 2.45) is 17.3 Å². The number of rotatable bonds is 4. The topological polar surface area (TPSA) is 0 Å². The molecule has 1 saturated carbocycles. The molecule has 0 N–H and O–H groups in total. The van der Waals surface area contributed by atoms with Gasteiger partial charge in [0.05, 0.1) is 0 Å². The largest absolute Gasteiger partial charge is 0.0861 e. The molecule has 1 rings (SSSR count). The van der Waals surface area contributed by atoms with Gasteiger partial charge in [-0.3, -0.25) is 0 Å². The summed E-state index contributed by atoms with van der Waals surface area (Å²) in [5.41, 5.74) is 0.586. The predicted molar refractivity (Wildman–Crippen MR) is 59.2 cm³/mol. The number of hydrogen-bond donors (Lipinski definition) is 0. The molecule has 1 aliphatic carbocycles. The smallest absolute Gasteiger partial charge is 0.00261 e. The minimum Gasteiger partial charge on any atom is -0.0861 e. The van der Waals surface area contributed by atoms with E-state index in [1.165, 1.54) is 23.7 Å². The summed E-state index contributed by atoms with van der Waals surface area (Å²) in [6.07, 6.45) is 4.45. The fourth-order valence-corrected chi connectivity index (χ4v) is 2.67. The Kier molecular flexibility index (Phi) is 3.24. The van der Waals surface area contributed by atoms with E-state index in [1.807, 2.05) is 0 Å². The van der Waals surface area contributed by atoms with Gasteiger partial charge in [0.2, 0.25) is 0 Å². The Morgan fingerprint density at radius 3 is 2.36 bits per heavy atom. The SMILES string of the molecule is CC(CI)C(C)(C)CC1CC1. The zero-order valence-electron chi connectivity index (χ0n) is 7.86. The molecule has 1 aliphatic rings. The van der Waals surface area contributed by atoms with Crippen LogP contribution in [0, 0.1) is 17.3 Å². The van der Waals surface area contributed by atoms with Crippen LogP contribution in [-0.2, 0) is 0 Å². The second-order valence-electron chi connectivity index (χ2n) is 4.69. The molecule has 0 bridgehead atoms. The van der Waals surface area contributed by atoms with Gasteiger partial charge in [0, 0.05) is 4.43 Å². The monoisotopic (exact) mass is 266 g/mol. The highest BCUT2D eigenvalue weighted by molar-refractivity contribution is 14.1. The van der Waals surface area contributed by atoms with Crippen molar-refractivity contribution in [1.82, 2.24) is 0 Å². The van der Waals surface area contributed by atoms with Crippen LogP contribution in [0.1, 0.15) is 40.0 Å². The summed E-state index contributed by atoms with van der Waals surface area (Å²) in [6.45, 7) is 7.23. The van der Waals surface area contributed by atoms with Crippen LogP contribution in [0.25, 0.3) is 0 Å². The molecule has 0 spiro atoms. The fraction of sp³-hybridized carbons (Fsp3) is 1.00. The van der Waals surface area contributed by atoms with Crippen molar-refractivity contribution >= 4 is 22.6 Å². The Morgan fingerprint density at radius 1 is 1.45 bits per heavy atom. The molecule has 1 atom stereocenters. The molecule has 0 aromatic heterocycles. The zero-order chi connectivity index (χ0) is 8.48. The van der Waals surface area contributed by atoms with Crippen molar-refractivity contribution in [3.05, 3.63) is 0 Å². The van der Waals surface area contributed by atoms with Gasteiger partial charge in [-0.05, 0) is 23.7 Å². The highest BCUT2D eigenvalue weighted by atomic mass is 127. The summed E-state index contributed by atoms with van der Waals surface area (Å²) in [6, 6.07) is 0. The average molecular weight is 266 g/mol. The molecule has 0 saturated heterocycles. The van der Waals surface area contributed by atoms with Crippen LogP contribution in [0.15, 0.2) is 0 Å². The third-order valence-electron chi connectivity index (χ3n) is 3.08. The van der Waals surface area contributed by atoms with Crippen LogP contribution in [-0.4, -0.2) is 4.43 Å². The highest BCUT2D eigenvalue weighted by Crippen LogP contribution is 2.43. The standard InChI is InChI=1S/C10H19I/c1-8(7-11)10(2,3)6-9-4-5-9/h8-9H,4-7H2,1-3H3. The van der Waals surface area contributed by atoms with Crippen LogP contribution < -0.4 is 0 Å². The Labute approximate surface area is 84.3 Å². The molecule has 0 amide bonds. The van der Waals surface area contributed by atoms with Gasteiger partial charge in [0.25, 0.3) is 0 Å². The molecule has 1 fully saturated rings. The van der Waals surface area contributed by atoms with Crippen molar-refractivity contribution in [2.75, 3.05) is 4.43 Å². The summed E-state index contributed by atoms with van der Waals surface area (Å²) in [7, 11) is 0. The molecule has 0 aromatic carbocycles.